The van der Waals surface area contributed by atoms with Crippen LogP contribution in [0.5, 0.6) is 0 Å². The first-order valence-electron chi connectivity index (χ1n) is 10.7. The number of piperazine rings is 1. The summed E-state index contributed by atoms with van der Waals surface area (Å²) >= 11 is 0. The maximum atomic E-state index is 11.7. The molecule has 0 radical (unpaired) electrons. The summed E-state index contributed by atoms with van der Waals surface area (Å²) in [4.78, 5) is 15.6. The van der Waals surface area contributed by atoms with E-state index in [0.29, 0.717) is 31.7 Å². The lowest BCUT2D eigenvalue weighted by atomic mass is 9.99. The summed E-state index contributed by atoms with van der Waals surface area (Å²) in [5.74, 6) is -0.225. The zero-order valence-electron chi connectivity index (χ0n) is 18.2. The number of pyridine rings is 1. The number of nitriles is 1. The topological polar surface area (TPSA) is 103 Å². The van der Waals surface area contributed by atoms with E-state index in [1.807, 2.05) is 25.6 Å². The third-order valence-corrected chi connectivity index (χ3v) is 6.08. The minimum absolute atomic E-state index is 0.225. The molecule has 1 aromatic carbocycles. The number of nitrogens with zero attached hydrogens (tertiary/aromatic N) is 7. The van der Waals surface area contributed by atoms with Gasteiger partial charge in [0.1, 0.15) is 12.7 Å². The molecule has 0 saturated carbocycles. The minimum Gasteiger partial charge on any atom is -0.387 e. The Morgan fingerprint density at radius 2 is 1.79 bits per heavy atom. The number of amides is 1. The Hall–Kier alpha value is -4.16. The van der Waals surface area contributed by atoms with Gasteiger partial charge >= 0.3 is 0 Å². The lowest BCUT2D eigenvalue weighted by molar-refractivity contribution is -0.134. The Kier molecular flexibility index (Phi) is 5.28. The summed E-state index contributed by atoms with van der Waals surface area (Å²) < 4.78 is 3.51. The van der Waals surface area contributed by atoms with Crippen molar-refractivity contribution in [1.82, 2.24) is 24.3 Å². The lowest BCUT2D eigenvalue weighted by Gasteiger charge is -2.36. The number of anilines is 1. The fraction of sp³-hybridized carbons (Fsp3) is 0.250. The van der Waals surface area contributed by atoms with Crippen molar-refractivity contribution in [3.05, 3.63) is 60.7 Å². The van der Waals surface area contributed by atoms with Crippen molar-refractivity contribution in [2.45, 2.75) is 0 Å². The van der Waals surface area contributed by atoms with E-state index >= 15 is 0 Å². The number of benzene rings is 1. The summed E-state index contributed by atoms with van der Waals surface area (Å²) in [7, 11) is 1.88. The first kappa shape index (κ1) is 20.7. The van der Waals surface area contributed by atoms with Gasteiger partial charge in [-0.05, 0) is 23.8 Å². The number of rotatable bonds is 4. The van der Waals surface area contributed by atoms with E-state index in [0.717, 1.165) is 33.5 Å². The van der Waals surface area contributed by atoms with Gasteiger partial charge < -0.3 is 14.9 Å². The molecule has 33 heavy (non-hydrogen) atoms. The molecule has 4 heterocycles. The maximum Gasteiger partial charge on any atom is 0.248 e. The molecule has 1 saturated heterocycles. The van der Waals surface area contributed by atoms with E-state index in [9.17, 15) is 10.1 Å². The molecule has 166 valence electrons. The standard InChI is InChI=1S/C24H23N7O2/c1-28-14-20(13-26-28)18-10-22(24-19(11-25)12-27-31(24)15-18)17-2-4-21(5-3-17)29-6-8-30(9-7-29)23(33)16-32/h2-5,10,12-15,32H,6-9,16H2,1H3. The van der Waals surface area contributed by atoms with E-state index in [1.54, 1.807) is 20.3 Å². The molecule has 1 fully saturated rings. The second-order valence-corrected chi connectivity index (χ2v) is 8.08. The average Bonchev–Trinajstić information content (AvgIpc) is 3.49. The predicted octanol–water partition coefficient (Wildman–Crippen LogP) is 1.91. The summed E-state index contributed by atoms with van der Waals surface area (Å²) in [5.41, 5.74) is 6.22. The number of aryl methyl sites for hydroxylation is 1. The third kappa shape index (κ3) is 3.81. The zero-order chi connectivity index (χ0) is 22.9. The fourth-order valence-corrected chi connectivity index (χ4v) is 4.32. The normalized spacial score (nSPS) is 14.0. The van der Waals surface area contributed by atoms with E-state index < -0.39 is 6.61 Å². The van der Waals surface area contributed by atoms with Gasteiger partial charge in [-0.25, -0.2) is 4.52 Å². The Morgan fingerprint density at radius 1 is 1.03 bits per heavy atom. The van der Waals surface area contributed by atoms with Crippen LogP contribution in [0.4, 0.5) is 5.69 Å². The highest BCUT2D eigenvalue weighted by Crippen LogP contribution is 2.33. The van der Waals surface area contributed by atoms with E-state index in [-0.39, 0.29) is 5.91 Å². The molecule has 1 aliphatic rings. The van der Waals surface area contributed by atoms with Crippen LogP contribution in [-0.2, 0) is 11.8 Å². The third-order valence-electron chi connectivity index (χ3n) is 6.08. The molecular weight excluding hydrogens is 418 g/mol. The number of hydrogen-bond donors (Lipinski definition) is 1. The first-order chi connectivity index (χ1) is 16.1. The highest BCUT2D eigenvalue weighted by molar-refractivity contribution is 5.88. The molecular formula is C24H23N7O2. The smallest absolute Gasteiger partial charge is 0.248 e. The van der Waals surface area contributed by atoms with Crippen LogP contribution in [0.1, 0.15) is 5.56 Å². The first-order valence-corrected chi connectivity index (χ1v) is 10.7. The van der Waals surface area contributed by atoms with Crippen molar-refractivity contribution in [3.63, 3.8) is 0 Å². The van der Waals surface area contributed by atoms with Crippen LogP contribution in [-0.4, -0.2) is 68.1 Å². The van der Waals surface area contributed by atoms with Gasteiger partial charge in [-0.1, -0.05) is 12.1 Å². The molecule has 0 spiro atoms. The van der Waals surface area contributed by atoms with Gasteiger partial charge in [0.05, 0.1) is 23.5 Å². The molecule has 0 bridgehead atoms. The molecule has 0 aliphatic carbocycles. The summed E-state index contributed by atoms with van der Waals surface area (Å²) in [5, 5.41) is 27.3. The molecule has 9 nitrogen and oxygen atoms in total. The van der Waals surface area contributed by atoms with Gasteiger partial charge in [0.15, 0.2) is 0 Å². The average molecular weight is 441 g/mol. The van der Waals surface area contributed by atoms with Crippen molar-refractivity contribution in [1.29, 1.82) is 5.26 Å². The molecule has 4 aromatic rings. The number of carbonyl (C=O) groups is 1. The predicted molar refractivity (Wildman–Crippen MR) is 123 cm³/mol. The van der Waals surface area contributed by atoms with Crippen molar-refractivity contribution in [2.75, 3.05) is 37.7 Å². The quantitative estimate of drug-likeness (QED) is 0.519. The molecule has 0 atom stereocenters. The van der Waals surface area contributed by atoms with Crippen LogP contribution in [0.25, 0.3) is 27.8 Å². The number of aliphatic hydroxyl groups excluding tert-OH is 1. The molecule has 1 aliphatic heterocycles. The maximum absolute atomic E-state index is 11.7. The van der Waals surface area contributed by atoms with Crippen LogP contribution >= 0.6 is 0 Å². The molecule has 3 aromatic heterocycles. The second kappa shape index (κ2) is 8.41. The summed E-state index contributed by atoms with van der Waals surface area (Å²) in [6, 6.07) is 12.6. The number of fused-ring (bicyclic) bond motifs is 1. The number of aliphatic hydroxyl groups is 1. The van der Waals surface area contributed by atoms with Crippen LogP contribution < -0.4 is 4.90 Å². The monoisotopic (exact) mass is 441 g/mol. The van der Waals surface area contributed by atoms with Crippen LogP contribution in [0.15, 0.2) is 55.1 Å². The van der Waals surface area contributed by atoms with Gasteiger partial charge in [-0.15, -0.1) is 0 Å². The van der Waals surface area contributed by atoms with Crippen molar-refractivity contribution < 1.29 is 9.90 Å². The van der Waals surface area contributed by atoms with E-state index in [4.69, 9.17) is 5.11 Å². The number of aromatic nitrogens is 4. The van der Waals surface area contributed by atoms with Gasteiger partial charge in [0.2, 0.25) is 5.91 Å². The SMILES string of the molecule is Cn1cc(-c2cc(-c3ccc(N4CCN(C(=O)CO)CC4)cc3)c3c(C#N)cnn3c2)cn1. The molecule has 0 unspecified atom stereocenters. The highest BCUT2D eigenvalue weighted by atomic mass is 16.3. The van der Waals surface area contributed by atoms with Crippen LogP contribution in [0.2, 0.25) is 0 Å². The summed E-state index contributed by atoms with van der Waals surface area (Å²) in [6.07, 6.45) is 7.26. The minimum atomic E-state index is -0.444. The van der Waals surface area contributed by atoms with Crippen molar-refractivity contribution in [3.8, 4) is 28.3 Å². The fourth-order valence-electron chi connectivity index (χ4n) is 4.32. The van der Waals surface area contributed by atoms with Crippen LogP contribution in [0, 0.1) is 11.3 Å². The summed E-state index contributed by atoms with van der Waals surface area (Å²) in [6.45, 7) is 2.17. The highest BCUT2D eigenvalue weighted by Gasteiger charge is 2.21. The largest absolute Gasteiger partial charge is 0.387 e. The Balaban J connectivity index is 1.48. The van der Waals surface area contributed by atoms with Gasteiger partial charge in [0.25, 0.3) is 0 Å². The Labute approximate surface area is 190 Å². The van der Waals surface area contributed by atoms with E-state index in [2.05, 4.69) is 51.5 Å². The van der Waals surface area contributed by atoms with Gasteiger partial charge in [-0.3, -0.25) is 9.48 Å². The molecule has 1 amide bonds. The Bertz CT molecular complexity index is 1360. The van der Waals surface area contributed by atoms with Crippen LogP contribution in [0.3, 0.4) is 0 Å². The van der Waals surface area contributed by atoms with Crippen molar-refractivity contribution >= 4 is 17.1 Å². The molecule has 1 N–H and O–H groups in total. The number of hydrogen-bond acceptors (Lipinski definition) is 6. The molecule has 5 rings (SSSR count). The van der Waals surface area contributed by atoms with E-state index in [1.165, 1.54) is 0 Å². The van der Waals surface area contributed by atoms with Gasteiger partial charge in [-0.2, -0.15) is 15.5 Å². The van der Waals surface area contributed by atoms with Crippen molar-refractivity contribution in [2.24, 2.45) is 7.05 Å². The Morgan fingerprint density at radius 3 is 2.42 bits per heavy atom. The number of carbonyl (C=O) groups excluding carboxylic acids is 1. The second-order valence-electron chi connectivity index (χ2n) is 8.08. The zero-order valence-corrected chi connectivity index (χ0v) is 18.2. The lowest BCUT2D eigenvalue weighted by Crippen LogP contribution is -2.49. The molecule has 9 heteroatoms. The van der Waals surface area contributed by atoms with Gasteiger partial charge in [0, 0.05) is 68.0 Å².